The molecule has 4 heteroatoms. The van der Waals surface area contributed by atoms with E-state index in [-0.39, 0.29) is 11.9 Å². The number of H-pyrrole nitrogens is 1. The number of ether oxygens (including phenoxy) is 1. The fraction of sp³-hybridized carbons (Fsp3) is 0.438. The first-order valence-electron chi connectivity index (χ1n) is 7.07. The van der Waals surface area contributed by atoms with Crippen LogP contribution in [0.1, 0.15) is 31.1 Å². The maximum atomic E-state index is 12.3. The van der Waals surface area contributed by atoms with Crippen LogP contribution in [0.15, 0.2) is 30.5 Å². The van der Waals surface area contributed by atoms with Gasteiger partial charge in [-0.2, -0.15) is 0 Å². The molecule has 108 valence electrons. The van der Waals surface area contributed by atoms with Crippen molar-refractivity contribution in [3.63, 3.8) is 0 Å². The molecule has 0 saturated heterocycles. The van der Waals surface area contributed by atoms with E-state index >= 15 is 0 Å². The number of benzene rings is 1. The van der Waals surface area contributed by atoms with Crippen LogP contribution in [0.4, 0.5) is 0 Å². The Morgan fingerprint density at radius 3 is 2.85 bits per heavy atom. The van der Waals surface area contributed by atoms with Gasteiger partial charge in [-0.05, 0) is 36.4 Å². The Balaban J connectivity index is 2.08. The molecule has 0 aliphatic carbocycles. The highest BCUT2D eigenvalue weighted by atomic mass is 16.5. The van der Waals surface area contributed by atoms with Crippen molar-refractivity contribution in [1.29, 1.82) is 0 Å². The minimum Gasteiger partial charge on any atom is -0.380 e. The maximum absolute atomic E-state index is 12.3. The molecule has 1 unspecified atom stereocenters. The smallest absolute Gasteiger partial charge is 0.251 e. The summed E-state index contributed by atoms with van der Waals surface area (Å²) >= 11 is 0. The fourth-order valence-corrected chi connectivity index (χ4v) is 2.09. The standard InChI is InChI=1S/C16H22N2O2/c1-4-20-10-15(11(2)3)18-16(19)13-6-5-12-7-8-17-14(12)9-13/h5-9,11,15,17H,4,10H2,1-3H3,(H,18,19). The lowest BCUT2D eigenvalue weighted by Crippen LogP contribution is -2.41. The average Bonchev–Trinajstić information content (AvgIpc) is 2.90. The molecule has 0 saturated carbocycles. The van der Waals surface area contributed by atoms with Gasteiger partial charge < -0.3 is 15.0 Å². The summed E-state index contributed by atoms with van der Waals surface area (Å²) < 4.78 is 5.43. The summed E-state index contributed by atoms with van der Waals surface area (Å²) in [6.45, 7) is 7.33. The maximum Gasteiger partial charge on any atom is 0.251 e. The zero-order valence-electron chi connectivity index (χ0n) is 12.3. The number of carbonyl (C=O) groups excluding carboxylic acids is 1. The van der Waals surface area contributed by atoms with Gasteiger partial charge in [0, 0.05) is 23.9 Å². The Morgan fingerprint density at radius 2 is 2.15 bits per heavy atom. The lowest BCUT2D eigenvalue weighted by molar-refractivity contribution is 0.0806. The van der Waals surface area contributed by atoms with Gasteiger partial charge in [-0.15, -0.1) is 0 Å². The van der Waals surface area contributed by atoms with Crippen LogP contribution in [0.5, 0.6) is 0 Å². The molecule has 2 rings (SSSR count). The second-order valence-electron chi connectivity index (χ2n) is 5.26. The van der Waals surface area contributed by atoms with Crippen LogP contribution in [0.25, 0.3) is 10.9 Å². The van der Waals surface area contributed by atoms with Gasteiger partial charge in [0.15, 0.2) is 0 Å². The van der Waals surface area contributed by atoms with Crippen molar-refractivity contribution in [2.24, 2.45) is 5.92 Å². The highest BCUT2D eigenvalue weighted by Crippen LogP contribution is 2.14. The quantitative estimate of drug-likeness (QED) is 0.851. The number of aromatic amines is 1. The first-order chi connectivity index (χ1) is 9.61. The van der Waals surface area contributed by atoms with Crippen LogP contribution in [-0.4, -0.2) is 30.1 Å². The van der Waals surface area contributed by atoms with Crippen LogP contribution < -0.4 is 5.32 Å². The van der Waals surface area contributed by atoms with Crippen molar-refractivity contribution < 1.29 is 9.53 Å². The molecule has 0 aliphatic heterocycles. The van der Waals surface area contributed by atoms with Crippen LogP contribution >= 0.6 is 0 Å². The molecule has 4 nitrogen and oxygen atoms in total. The highest BCUT2D eigenvalue weighted by Gasteiger charge is 2.17. The predicted molar refractivity (Wildman–Crippen MR) is 80.9 cm³/mol. The normalized spacial score (nSPS) is 12.8. The molecule has 0 spiro atoms. The summed E-state index contributed by atoms with van der Waals surface area (Å²) in [5.41, 5.74) is 1.64. The number of carbonyl (C=O) groups is 1. The second-order valence-corrected chi connectivity index (χ2v) is 5.26. The molecule has 0 fully saturated rings. The molecule has 0 radical (unpaired) electrons. The summed E-state index contributed by atoms with van der Waals surface area (Å²) in [5, 5.41) is 4.15. The summed E-state index contributed by atoms with van der Waals surface area (Å²) in [7, 11) is 0. The monoisotopic (exact) mass is 274 g/mol. The van der Waals surface area contributed by atoms with E-state index in [1.807, 2.05) is 37.4 Å². The number of rotatable bonds is 6. The fourth-order valence-electron chi connectivity index (χ4n) is 2.09. The summed E-state index contributed by atoms with van der Waals surface area (Å²) in [6.07, 6.45) is 1.87. The molecule has 1 aromatic carbocycles. The third-order valence-corrected chi connectivity index (χ3v) is 3.44. The van der Waals surface area contributed by atoms with Gasteiger partial charge in [0.05, 0.1) is 12.6 Å². The minimum atomic E-state index is -0.0556. The topological polar surface area (TPSA) is 54.1 Å². The van der Waals surface area contributed by atoms with Crippen LogP contribution in [-0.2, 0) is 4.74 Å². The van der Waals surface area contributed by atoms with Crippen molar-refractivity contribution in [2.45, 2.75) is 26.8 Å². The van der Waals surface area contributed by atoms with Crippen molar-refractivity contribution >= 4 is 16.8 Å². The van der Waals surface area contributed by atoms with Gasteiger partial charge in [-0.25, -0.2) is 0 Å². The predicted octanol–water partition coefficient (Wildman–Crippen LogP) is 2.96. The molecular weight excluding hydrogens is 252 g/mol. The SMILES string of the molecule is CCOCC(NC(=O)c1ccc2cc[nH]c2c1)C(C)C. The summed E-state index contributed by atoms with van der Waals surface area (Å²) in [6, 6.07) is 7.70. The first-order valence-corrected chi connectivity index (χ1v) is 7.07. The van der Waals surface area contributed by atoms with E-state index in [0.29, 0.717) is 24.7 Å². The first kappa shape index (κ1) is 14.6. The van der Waals surface area contributed by atoms with Gasteiger partial charge in [-0.1, -0.05) is 19.9 Å². The number of amides is 1. The molecule has 0 bridgehead atoms. The molecule has 1 heterocycles. The third-order valence-electron chi connectivity index (χ3n) is 3.44. The van der Waals surface area contributed by atoms with Gasteiger partial charge in [-0.3, -0.25) is 4.79 Å². The van der Waals surface area contributed by atoms with Crippen LogP contribution in [0.3, 0.4) is 0 Å². The molecule has 0 aliphatic rings. The van der Waals surface area contributed by atoms with E-state index in [1.165, 1.54) is 0 Å². The second kappa shape index (κ2) is 6.57. The molecular formula is C16H22N2O2. The Hall–Kier alpha value is -1.81. The molecule has 1 atom stereocenters. The van der Waals surface area contributed by atoms with E-state index in [9.17, 15) is 4.79 Å². The molecule has 2 aromatic rings. The van der Waals surface area contributed by atoms with Crippen LogP contribution in [0, 0.1) is 5.92 Å². The third kappa shape index (κ3) is 3.39. The van der Waals surface area contributed by atoms with Gasteiger partial charge in [0.2, 0.25) is 0 Å². The van der Waals surface area contributed by atoms with Crippen molar-refractivity contribution in [1.82, 2.24) is 10.3 Å². The van der Waals surface area contributed by atoms with Gasteiger partial charge >= 0.3 is 0 Å². The molecule has 1 amide bonds. The number of aromatic nitrogens is 1. The van der Waals surface area contributed by atoms with E-state index in [1.54, 1.807) is 0 Å². The van der Waals surface area contributed by atoms with Gasteiger partial charge in [0.25, 0.3) is 5.91 Å². The van der Waals surface area contributed by atoms with E-state index in [2.05, 4.69) is 24.1 Å². The minimum absolute atomic E-state index is 0.0294. The van der Waals surface area contributed by atoms with E-state index in [4.69, 9.17) is 4.74 Å². The number of hydrogen-bond donors (Lipinski definition) is 2. The van der Waals surface area contributed by atoms with Crippen molar-refractivity contribution in [3.8, 4) is 0 Å². The summed E-state index contributed by atoms with van der Waals surface area (Å²) in [4.78, 5) is 15.4. The van der Waals surface area contributed by atoms with Crippen molar-refractivity contribution in [3.05, 3.63) is 36.0 Å². The van der Waals surface area contributed by atoms with E-state index < -0.39 is 0 Å². The van der Waals surface area contributed by atoms with Crippen LogP contribution in [0.2, 0.25) is 0 Å². The Kier molecular flexibility index (Phi) is 4.79. The zero-order valence-corrected chi connectivity index (χ0v) is 12.3. The molecule has 20 heavy (non-hydrogen) atoms. The highest BCUT2D eigenvalue weighted by molar-refractivity contribution is 5.98. The zero-order chi connectivity index (χ0) is 14.5. The van der Waals surface area contributed by atoms with E-state index in [0.717, 1.165) is 10.9 Å². The van der Waals surface area contributed by atoms with Gasteiger partial charge in [0.1, 0.15) is 0 Å². The number of nitrogens with one attached hydrogen (secondary N) is 2. The number of hydrogen-bond acceptors (Lipinski definition) is 2. The molecule has 1 aromatic heterocycles. The largest absolute Gasteiger partial charge is 0.380 e. The average molecular weight is 274 g/mol. The summed E-state index contributed by atoms with van der Waals surface area (Å²) in [5.74, 6) is 0.277. The number of fused-ring (bicyclic) bond motifs is 1. The van der Waals surface area contributed by atoms with Crippen molar-refractivity contribution in [2.75, 3.05) is 13.2 Å². The Bertz CT molecular complexity index is 575. The Morgan fingerprint density at radius 1 is 1.35 bits per heavy atom. The molecule has 2 N–H and O–H groups in total. The Labute approximate surface area is 119 Å². The lowest BCUT2D eigenvalue weighted by atomic mass is 10.0. The lowest BCUT2D eigenvalue weighted by Gasteiger charge is -2.22.